The zero-order valence-corrected chi connectivity index (χ0v) is 23.4. The Morgan fingerprint density at radius 3 is 1.07 bits per heavy atom. The third kappa shape index (κ3) is 7.17. The lowest BCUT2D eigenvalue weighted by molar-refractivity contribution is -0.375. The van der Waals surface area contributed by atoms with Crippen molar-refractivity contribution in [2.24, 2.45) is 21.7 Å². The van der Waals surface area contributed by atoms with Crippen LogP contribution in [0.2, 0.25) is 0 Å². The van der Waals surface area contributed by atoms with Gasteiger partial charge in [-0.2, -0.15) is 26.3 Å². The maximum Gasteiger partial charge on any atom is 0.428 e. The minimum Gasteiger partial charge on any atom is -0.468 e. The Morgan fingerprint density at radius 1 is 0.605 bits per heavy atom. The van der Waals surface area contributed by atoms with E-state index in [4.69, 9.17) is 0 Å². The molecule has 9 nitrogen and oxygen atoms in total. The van der Waals surface area contributed by atoms with E-state index in [0.717, 1.165) is 4.90 Å². The van der Waals surface area contributed by atoms with Crippen LogP contribution in [-0.4, -0.2) is 84.7 Å². The molecule has 256 valence electrons. The van der Waals surface area contributed by atoms with Crippen molar-refractivity contribution in [2.45, 2.75) is 103 Å². The molecule has 0 saturated carbocycles. The summed E-state index contributed by atoms with van der Waals surface area (Å²) in [5, 5.41) is 0. The van der Waals surface area contributed by atoms with E-state index in [0.29, 0.717) is 0 Å². The zero-order chi connectivity index (χ0) is 31.4. The minimum absolute atomic E-state index is 0. The summed E-state index contributed by atoms with van der Waals surface area (Å²) in [5.41, 5.74) is -9.11. The Kier molecular flexibility index (Phi) is 15.3. The largest absolute Gasteiger partial charge is 0.468 e. The lowest BCUT2D eigenvalue weighted by Crippen LogP contribution is -2.64. The number of carbonyl (C=O) groups is 5. The number of likely N-dealkylation sites (tertiary alicyclic amines) is 2. The number of carbonyl (C=O) groups excluding carboxylic acids is 5. The molecule has 15 heteroatoms. The SMILES string of the molecule is C.C.C.C.COC(=O)CN1C(=O)C(C)(C)C(C)(C)C1=O.COC(CN1C(=O)C(C)(C)C(C)(C)C1=O)(C(F)(F)F)C(F)(F)F. The minimum atomic E-state index is -5.86. The molecule has 0 radical (unpaired) electrons. The molecule has 2 saturated heterocycles. The van der Waals surface area contributed by atoms with Crippen LogP contribution < -0.4 is 0 Å². The van der Waals surface area contributed by atoms with Crippen LogP contribution in [-0.2, 0) is 33.4 Å². The molecule has 0 bridgehead atoms. The van der Waals surface area contributed by atoms with Gasteiger partial charge in [-0.25, -0.2) is 0 Å². The average molecular weight is 641 g/mol. The number of halogens is 6. The van der Waals surface area contributed by atoms with Crippen molar-refractivity contribution in [1.29, 1.82) is 0 Å². The van der Waals surface area contributed by atoms with Gasteiger partial charge in [0.25, 0.3) is 5.60 Å². The first-order valence-corrected chi connectivity index (χ1v) is 11.6. The van der Waals surface area contributed by atoms with E-state index < -0.39 is 63.9 Å². The van der Waals surface area contributed by atoms with Gasteiger partial charge in [-0.1, -0.05) is 29.7 Å². The maximum atomic E-state index is 13.1. The van der Waals surface area contributed by atoms with Gasteiger partial charge in [0, 0.05) is 7.11 Å². The second kappa shape index (κ2) is 13.9. The standard InChI is InChI=1S/C13H17F6NO3.C11H17NO4.4CH4/c1-9(2)7(21)20(8(22)10(9,3)4)6-11(23-5,12(14,15)16)13(17,18)19;1-10(2)8(14)12(6-7(13)16-5)9(15)11(10,3)4;;;;/h6H2,1-5H3;6H2,1-5H3;4*1H4. The molecule has 0 N–H and O–H groups in total. The van der Waals surface area contributed by atoms with Gasteiger partial charge in [0.2, 0.25) is 23.6 Å². The van der Waals surface area contributed by atoms with Gasteiger partial charge < -0.3 is 9.47 Å². The predicted molar refractivity (Wildman–Crippen MR) is 149 cm³/mol. The Bertz CT molecular complexity index is 981. The topological polar surface area (TPSA) is 110 Å². The molecule has 0 aromatic rings. The summed E-state index contributed by atoms with van der Waals surface area (Å²) >= 11 is 0. The van der Waals surface area contributed by atoms with Gasteiger partial charge in [-0.3, -0.25) is 33.8 Å². The van der Waals surface area contributed by atoms with Crippen molar-refractivity contribution in [3.05, 3.63) is 0 Å². The van der Waals surface area contributed by atoms with Gasteiger partial charge in [-0.15, -0.1) is 0 Å². The Balaban J connectivity index is -0.000000340. The third-order valence-electron chi connectivity index (χ3n) is 8.40. The van der Waals surface area contributed by atoms with Crippen molar-refractivity contribution in [1.82, 2.24) is 9.80 Å². The molecule has 0 aromatic carbocycles. The van der Waals surface area contributed by atoms with Crippen LogP contribution >= 0.6 is 0 Å². The molecule has 2 fully saturated rings. The van der Waals surface area contributed by atoms with Crippen LogP contribution in [0.15, 0.2) is 0 Å². The molecule has 2 rings (SSSR count). The summed E-state index contributed by atoms with van der Waals surface area (Å²) < 4.78 is 86.6. The van der Waals surface area contributed by atoms with Crippen LogP contribution in [0.3, 0.4) is 0 Å². The lowest BCUT2D eigenvalue weighted by atomic mass is 9.70. The third-order valence-corrected chi connectivity index (χ3v) is 8.40. The zero-order valence-electron chi connectivity index (χ0n) is 23.4. The molecule has 0 unspecified atom stereocenters. The van der Waals surface area contributed by atoms with Crippen molar-refractivity contribution in [3.63, 3.8) is 0 Å². The van der Waals surface area contributed by atoms with Crippen LogP contribution in [0.5, 0.6) is 0 Å². The smallest absolute Gasteiger partial charge is 0.428 e. The molecule has 2 aliphatic rings. The van der Waals surface area contributed by atoms with E-state index in [1.165, 1.54) is 34.8 Å². The first-order valence-electron chi connectivity index (χ1n) is 11.6. The second-order valence-electron chi connectivity index (χ2n) is 11.5. The second-order valence-corrected chi connectivity index (χ2v) is 11.5. The van der Waals surface area contributed by atoms with Crippen LogP contribution in [0.1, 0.15) is 85.1 Å². The highest BCUT2D eigenvalue weighted by Gasteiger charge is 2.74. The Labute approximate surface area is 251 Å². The lowest BCUT2D eigenvalue weighted by Gasteiger charge is -2.38. The monoisotopic (exact) mass is 640 g/mol. The number of ether oxygens (including phenoxy) is 2. The number of hydrogen-bond donors (Lipinski definition) is 0. The number of amides is 4. The Hall–Kier alpha value is -2.71. The number of alkyl halides is 6. The quantitative estimate of drug-likeness (QED) is 0.205. The highest BCUT2D eigenvalue weighted by atomic mass is 19.4. The van der Waals surface area contributed by atoms with Crippen molar-refractivity contribution < 1.29 is 59.8 Å². The van der Waals surface area contributed by atoms with E-state index in [1.807, 2.05) is 0 Å². The number of hydrogen-bond acceptors (Lipinski definition) is 7. The predicted octanol–water partition coefficient (Wildman–Crippen LogP) is 6.04. The molecule has 2 aliphatic heterocycles. The summed E-state index contributed by atoms with van der Waals surface area (Å²) in [4.78, 5) is 60.5. The summed E-state index contributed by atoms with van der Waals surface area (Å²) in [6.07, 6.45) is -11.7. The number of esters is 1. The van der Waals surface area contributed by atoms with Gasteiger partial charge in [0.05, 0.1) is 35.3 Å². The molecule has 0 aliphatic carbocycles. The molecule has 0 spiro atoms. The molecule has 2 heterocycles. The van der Waals surface area contributed by atoms with E-state index in [2.05, 4.69) is 9.47 Å². The van der Waals surface area contributed by atoms with Crippen molar-refractivity contribution >= 4 is 29.6 Å². The first-order chi connectivity index (χ1) is 17.1. The fourth-order valence-electron chi connectivity index (χ4n) is 3.94. The number of imide groups is 2. The first kappa shape index (κ1) is 47.2. The van der Waals surface area contributed by atoms with Gasteiger partial charge >= 0.3 is 18.3 Å². The van der Waals surface area contributed by atoms with Crippen LogP contribution in [0.4, 0.5) is 26.3 Å². The van der Waals surface area contributed by atoms with E-state index >= 15 is 0 Å². The Morgan fingerprint density at radius 2 is 0.860 bits per heavy atom. The summed E-state index contributed by atoms with van der Waals surface area (Å²) in [6.45, 7) is 9.75. The fraction of sp³-hybridized carbons (Fsp3) is 0.821. The van der Waals surface area contributed by atoms with Crippen LogP contribution in [0, 0.1) is 21.7 Å². The normalized spacial score (nSPS) is 20.1. The number of rotatable bonds is 5. The highest BCUT2D eigenvalue weighted by molar-refractivity contribution is 6.10. The van der Waals surface area contributed by atoms with Crippen LogP contribution in [0.25, 0.3) is 0 Å². The fourth-order valence-corrected chi connectivity index (χ4v) is 3.94. The highest BCUT2D eigenvalue weighted by Crippen LogP contribution is 2.51. The molecule has 43 heavy (non-hydrogen) atoms. The number of nitrogens with zero attached hydrogens (tertiary/aromatic N) is 2. The molecular weight excluding hydrogens is 590 g/mol. The molecular formula is C28H50F6N2O7. The van der Waals surface area contributed by atoms with E-state index in [9.17, 15) is 50.3 Å². The van der Waals surface area contributed by atoms with E-state index in [-0.39, 0.29) is 60.1 Å². The van der Waals surface area contributed by atoms with Crippen molar-refractivity contribution in [2.75, 3.05) is 27.3 Å². The van der Waals surface area contributed by atoms with E-state index in [1.54, 1.807) is 27.7 Å². The summed E-state index contributed by atoms with van der Waals surface area (Å²) in [7, 11) is 1.46. The van der Waals surface area contributed by atoms with Gasteiger partial charge in [0.15, 0.2) is 0 Å². The maximum absolute atomic E-state index is 13.1. The summed E-state index contributed by atoms with van der Waals surface area (Å²) in [6, 6.07) is 0. The molecule has 0 atom stereocenters. The summed E-state index contributed by atoms with van der Waals surface area (Å²) in [5.74, 6) is -3.46. The average Bonchev–Trinajstić information content (AvgIpc) is 2.96. The molecule has 0 aromatic heterocycles. The van der Waals surface area contributed by atoms with Crippen molar-refractivity contribution in [3.8, 4) is 0 Å². The number of methoxy groups -OCH3 is 2. The van der Waals surface area contributed by atoms with Gasteiger partial charge in [-0.05, 0) is 55.4 Å². The van der Waals surface area contributed by atoms with Gasteiger partial charge in [0.1, 0.15) is 6.54 Å². The molecule has 4 amide bonds.